The van der Waals surface area contributed by atoms with Crippen molar-refractivity contribution in [1.29, 1.82) is 0 Å². The lowest BCUT2D eigenvalue weighted by Crippen LogP contribution is -2.52. The van der Waals surface area contributed by atoms with Crippen molar-refractivity contribution >= 4 is 27.5 Å². The summed E-state index contributed by atoms with van der Waals surface area (Å²) in [6.45, 7) is 8.85. The topological polar surface area (TPSA) is 96.0 Å². The molecule has 0 fully saturated rings. The van der Waals surface area contributed by atoms with E-state index in [1.807, 2.05) is 52.0 Å². The van der Waals surface area contributed by atoms with Gasteiger partial charge in [0.15, 0.2) is 0 Å². The lowest BCUT2D eigenvalue weighted by molar-refractivity contribution is -0.139. The predicted octanol–water partition coefficient (Wildman–Crippen LogP) is 4.45. The first-order chi connectivity index (χ1) is 18.4. The number of sulfonamides is 1. The van der Waals surface area contributed by atoms with Crippen molar-refractivity contribution < 1.29 is 22.7 Å². The number of hydrogen-bond donors (Lipinski definition) is 1. The molecule has 8 nitrogen and oxygen atoms in total. The second-order valence-corrected chi connectivity index (χ2v) is 11.7. The summed E-state index contributed by atoms with van der Waals surface area (Å²) in [5.41, 5.74) is 3.13. The molecule has 0 radical (unpaired) electrons. The van der Waals surface area contributed by atoms with E-state index in [0.717, 1.165) is 21.0 Å². The van der Waals surface area contributed by atoms with E-state index in [1.54, 1.807) is 43.3 Å². The van der Waals surface area contributed by atoms with Crippen LogP contribution in [0, 0.1) is 13.8 Å². The van der Waals surface area contributed by atoms with E-state index >= 15 is 0 Å². The number of nitrogens with one attached hydrogen (secondary N) is 1. The minimum Gasteiger partial charge on any atom is -0.497 e. The van der Waals surface area contributed by atoms with E-state index < -0.39 is 28.5 Å². The van der Waals surface area contributed by atoms with Crippen LogP contribution in [0.3, 0.4) is 0 Å². The quantitative estimate of drug-likeness (QED) is 0.380. The van der Waals surface area contributed by atoms with Crippen LogP contribution < -0.4 is 14.4 Å². The molecular weight excluding hydrogens is 514 g/mol. The van der Waals surface area contributed by atoms with Gasteiger partial charge in [0.05, 0.1) is 17.7 Å². The molecule has 3 aromatic rings. The van der Waals surface area contributed by atoms with Crippen LogP contribution in [-0.4, -0.2) is 50.9 Å². The van der Waals surface area contributed by atoms with Crippen molar-refractivity contribution in [2.75, 3.05) is 18.0 Å². The molecule has 39 heavy (non-hydrogen) atoms. The van der Waals surface area contributed by atoms with E-state index in [-0.39, 0.29) is 23.4 Å². The molecule has 0 unspecified atom stereocenters. The second-order valence-electron chi connectivity index (χ2n) is 9.81. The van der Waals surface area contributed by atoms with Gasteiger partial charge in [0.2, 0.25) is 11.8 Å². The van der Waals surface area contributed by atoms with Crippen molar-refractivity contribution in [3.63, 3.8) is 0 Å². The van der Waals surface area contributed by atoms with Crippen LogP contribution >= 0.6 is 0 Å². The summed E-state index contributed by atoms with van der Waals surface area (Å²) >= 11 is 0. The number of anilines is 1. The number of hydrogen-bond acceptors (Lipinski definition) is 5. The molecule has 0 aliphatic heterocycles. The summed E-state index contributed by atoms with van der Waals surface area (Å²) in [5, 5.41) is 2.86. The van der Waals surface area contributed by atoms with E-state index in [0.29, 0.717) is 11.4 Å². The Morgan fingerprint density at radius 3 is 2.08 bits per heavy atom. The molecule has 2 amide bonds. The Morgan fingerprint density at radius 1 is 0.897 bits per heavy atom. The molecule has 0 aliphatic carbocycles. The zero-order valence-electron chi connectivity index (χ0n) is 23.3. The molecule has 9 heteroatoms. The van der Waals surface area contributed by atoms with Crippen LogP contribution in [-0.2, 0) is 26.2 Å². The maximum absolute atomic E-state index is 13.9. The van der Waals surface area contributed by atoms with Gasteiger partial charge in [-0.2, -0.15) is 0 Å². The summed E-state index contributed by atoms with van der Waals surface area (Å²) in [6.07, 6.45) is 0. The third kappa shape index (κ3) is 7.38. The summed E-state index contributed by atoms with van der Waals surface area (Å²) in [4.78, 5) is 28.4. The van der Waals surface area contributed by atoms with Gasteiger partial charge in [-0.05, 0) is 82.1 Å². The zero-order chi connectivity index (χ0) is 28.7. The Kier molecular flexibility index (Phi) is 9.75. The number of carbonyl (C=O) groups excluding carboxylic acids is 2. The maximum Gasteiger partial charge on any atom is 0.264 e. The third-order valence-electron chi connectivity index (χ3n) is 6.45. The highest BCUT2D eigenvalue weighted by Gasteiger charge is 2.32. The number of methoxy groups -OCH3 is 1. The van der Waals surface area contributed by atoms with Crippen molar-refractivity contribution in [2.45, 2.75) is 58.1 Å². The lowest BCUT2D eigenvalue weighted by Gasteiger charge is -2.32. The first-order valence-electron chi connectivity index (χ1n) is 12.8. The molecule has 0 heterocycles. The molecule has 0 saturated carbocycles. The van der Waals surface area contributed by atoms with Crippen LogP contribution in [0.15, 0.2) is 77.7 Å². The van der Waals surface area contributed by atoms with Gasteiger partial charge in [-0.3, -0.25) is 13.9 Å². The highest BCUT2D eigenvalue weighted by molar-refractivity contribution is 7.92. The van der Waals surface area contributed by atoms with Gasteiger partial charge in [-0.1, -0.05) is 42.0 Å². The van der Waals surface area contributed by atoms with Gasteiger partial charge in [0.1, 0.15) is 18.3 Å². The smallest absolute Gasteiger partial charge is 0.264 e. The SMILES string of the molecule is COc1ccc(S(=O)(=O)N(CC(=O)N(Cc2ccccc2C)[C@H](C)C(=O)NC(C)C)c2ccc(C)cc2)cc1. The van der Waals surface area contributed by atoms with Crippen molar-refractivity contribution in [2.24, 2.45) is 0 Å². The van der Waals surface area contributed by atoms with Crippen LogP contribution in [0.25, 0.3) is 0 Å². The number of benzene rings is 3. The maximum atomic E-state index is 13.9. The largest absolute Gasteiger partial charge is 0.497 e. The van der Waals surface area contributed by atoms with Gasteiger partial charge >= 0.3 is 0 Å². The molecule has 3 rings (SSSR count). The summed E-state index contributed by atoms with van der Waals surface area (Å²) in [5.74, 6) is -0.296. The minimum atomic E-state index is -4.14. The zero-order valence-corrected chi connectivity index (χ0v) is 24.2. The summed E-state index contributed by atoms with van der Waals surface area (Å²) in [6, 6.07) is 19.6. The Hall–Kier alpha value is -3.85. The molecule has 3 aromatic carbocycles. The van der Waals surface area contributed by atoms with E-state index in [9.17, 15) is 18.0 Å². The molecule has 1 atom stereocenters. The van der Waals surface area contributed by atoms with Gasteiger partial charge in [-0.15, -0.1) is 0 Å². The monoisotopic (exact) mass is 551 g/mol. The number of ether oxygens (including phenoxy) is 1. The van der Waals surface area contributed by atoms with E-state index in [4.69, 9.17) is 4.74 Å². The van der Waals surface area contributed by atoms with Crippen LogP contribution in [0.1, 0.15) is 37.5 Å². The fourth-order valence-corrected chi connectivity index (χ4v) is 5.49. The van der Waals surface area contributed by atoms with Gasteiger partial charge in [-0.25, -0.2) is 8.42 Å². The Labute approximate surface area is 231 Å². The normalized spacial score (nSPS) is 12.1. The minimum absolute atomic E-state index is 0.0210. The van der Waals surface area contributed by atoms with Crippen molar-refractivity contribution in [3.8, 4) is 5.75 Å². The molecule has 0 aliphatic rings. The summed E-state index contributed by atoms with van der Waals surface area (Å²) in [7, 11) is -2.64. The Balaban J connectivity index is 2.04. The molecule has 208 valence electrons. The average molecular weight is 552 g/mol. The first kappa shape index (κ1) is 29.7. The number of nitrogens with zero attached hydrogens (tertiary/aromatic N) is 2. The second kappa shape index (κ2) is 12.8. The van der Waals surface area contributed by atoms with Crippen molar-refractivity contribution in [1.82, 2.24) is 10.2 Å². The molecule has 0 saturated heterocycles. The fraction of sp³-hybridized carbons (Fsp3) is 0.333. The lowest BCUT2D eigenvalue weighted by atomic mass is 10.1. The van der Waals surface area contributed by atoms with Gasteiger partial charge in [0, 0.05) is 12.6 Å². The first-order valence-corrected chi connectivity index (χ1v) is 14.3. The number of amides is 2. The summed E-state index contributed by atoms with van der Waals surface area (Å²) < 4.78 is 34.0. The molecule has 0 spiro atoms. The molecular formula is C30H37N3O5S. The number of rotatable bonds is 11. The molecule has 0 bridgehead atoms. The fourth-order valence-electron chi connectivity index (χ4n) is 4.07. The predicted molar refractivity (Wildman–Crippen MR) is 153 cm³/mol. The van der Waals surface area contributed by atoms with Gasteiger partial charge < -0.3 is 15.0 Å². The van der Waals surface area contributed by atoms with Crippen LogP contribution in [0.4, 0.5) is 5.69 Å². The average Bonchev–Trinajstić information content (AvgIpc) is 2.91. The Morgan fingerprint density at radius 2 is 1.51 bits per heavy atom. The number of aryl methyl sites for hydroxylation is 2. The van der Waals surface area contributed by atoms with E-state index in [2.05, 4.69) is 5.32 Å². The number of carbonyl (C=O) groups is 2. The highest BCUT2D eigenvalue weighted by Crippen LogP contribution is 2.26. The molecule has 0 aromatic heterocycles. The standard InChI is InChI=1S/C30H37N3O5S/c1-21(2)31-30(35)24(5)32(19-25-10-8-7-9-23(25)4)29(34)20-33(26-13-11-22(3)12-14-26)39(36,37)28-17-15-27(38-6)16-18-28/h7-18,21,24H,19-20H2,1-6H3,(H,31,35)/t24-/m1/s1. The van der Waals surface area contributed by atoms with Crippen LogP contribution in [0.2, 0.25) is 0 Å². The van der Waals surface area contributed by atoms with Crippen LogP contribution in [0.5, 0.6) is 5.75 Å². The van der Waals surface area contributed by atoms with Crippen molar-refractivity contribution in [3.05, 3.63) is 89.5 Å². The van der Waals surface area contributed by atoms with Gasteiger partial charge in [0.25, 0.3) is 10.0 Å². The molecule has 1 N–H and O–H groups in total. The van der Waals surface area contributed by atoms with E-state index in [1.165, 1.54) is 24.1 Å². The highest BCUT2D eigenvalue weighted by atomic mass is 32.2. The Bertz CT molecular complexity index is 1390. The third-order valence-corrected chi connectivity index (χ3v) is 8.24.